The molecule has 0 saturated heterocycles. The number of benzene rings is 1. The molecule has 3 nitrogen and oxygen atoms in total. The number of hydrogen-bond donors (Lipinski definition) is 1. The van der Waals surface area contributed by atoms with E-state index in [0.717, 1.165) is 13.0 Å². The van der Waals surface area contributed by atoms with E-state index in [9.17, 15) is 5.11 Å². The molecule has 19 heavy (non-hydrogen) atoms. The quantitative estimate of drug-likeness (QED) is 0.669. The molecule has 0 radical (unpaired) electrons. The maximum atomic E-state index is 9.60. The molecular formula is C16H25NO2. The Labute approximate surface area is 116 Å². The molecule has 0 amide bonds. The zero-order valence-corrected chi connectivity index (χ0v) is 12.2. The van der Waals surface area contributed by atoms with Crippen LogP contribution in [0.15, 0.2) is 36.9 Å². The van der Waals surface area contributed by atoms with E-state index >= 15 is 0 Å². The number of aliphatic hydroxyl groups is 1. The highest BCUT2D eigenvalue weighted by molar-refractivity contribution is 5.59. The lowest BCUT2D eigenvalue weighted by Crippen LogP contribution is -2.37. The van der Waals surface area contributed by atoms with Crippen LogP contribution in [0, 0.1) is 0 Å². The van der Waals surface area contributed by atoms with E-state index in [2.05, 4.69) is 36.6 Å². The Hall–Kier alpha value is -1.32. The summed E-state index contributed by atoms with van der Waals surface area (Å²) in [6, 6.07) is 8.70. The second-order valence-electron chi connectivity index (χ2n) is 4.67. The summed E-state index contributed by atoms with van der Waals surface area (Å²) in [5.74, 6) is 0. The van der Waals surface area contributed by atoms with Crippen molar-refractivity contribution in [1.82, 2.24) is 0 Å². The molecule has 1 aliphatic rings. The van der Waals surface area contributed by atoms with Gasteiger partial charge in [0.25, 0.3) is 0 Å². The van der Waals surface area contributed by atoms with E-state index in [-0.39, 0.29) is 0 Å². The number of para-hydroxylation sites is 1. The summed E-state index contributed by atoms with van der Waals surface area (Å²) >= 11 is 0. The minimum absolute atomic E-state index is 0.390. The molecule has 2 unspecified atom stereocenters. The van der Waals surface area contributed by atoms with Gasteiger partial charge in [0.15, 0.2) is 0 Å². The summed E-state index contributed by atoms with van der Waals surface area (Å²) in [6.45, 7) is 10.9. The largest absolute Gasteiger partial charge is 0.378 e. The van der Waals surface area contributed by atoms with Crippen molar-refractivity contribution in [2.75, 3.05) is 18.1 Å². The van der Waals surface area contributed by atoms with Gasteiger partial charge in [0.1, 0.15) is 6.23 Å². The number of rotatable bonds is 4. The Bertz CT molecular complexity index is 390. The van der Waals surface area contributed by atoms with Crippen molar-refractivity contribution in [3.63, 3.8) is 0 Å². The first-order valence-corrected chi connectivity index (χ1v) is 6.84. The SMILES string of the molecule is C=CCOCC.CC(O)N1c2ccccc2CC1C. The number of nitrogens with zero attached hydrogens (tertiary/aromatic N) is 1. The molecule has 1 aliphatic heterocycles. The second-order valence-corrected chi connectivity index (χ2v) is 4.67. The van der Waals surface area contributed by atoms with Crippen molar-refractivity contribution in [2.45, 2.75) is 39.5 Å². The maximum Gasteiger partial charge on any atom is 0.124 e. The molecule has 0 fully saturated rings. The van der Waals surface area contributed by atoms with E-state index in [1.54, 1.807) is 6.08 Å². The molecule has 2 rings (SSSR count). The second kappa shape index (κ2) is 7.97. The molecule has 1 aromatic carbocycles. The third kappa shape index (κ3) is 4.37. The molecule has 0 saturated carbocycles. The topological polar surface area (TPSA) is 32.7 Å². The Morgan fingerprint density at radius 2 is 2.21 bits per heavy atom. The predicted octanol–water partition coefficient (Wildman–Crippen LogP) is 2.98. The van der Waals surface area contributed by atoms with Gasteiger partial charge in [0, 0.05) is 18.3 Å². The minimum atomic E-state index is -0.390. The zero-order chi connectivity index (χ0) is 14.3. The average molecular weight is 263 g/mol. The van der Waals surface area contributed by atoms with Crippen LogP contribution in [0.2, 0.25) is 0 Å². The van der Waals surface area contributed by atoms with Crippen LogP contribution in [0.5, 0.6) is 0 Å². The van der Waals surface area contributed by atoms with Gasteiger partial charge in [0.05, 0.1) is 6.61 Å². The number of ether oxygens (including phenoxy) is 1. The minimum Gasteiger partial charge on any atom is -0.378 e. The molecule has 0 spiro atoms. The fraction of sp³-hybridized carbons (Fsp3) is 0.500. The molecule has 1 N–H and O–H groups in total. The van der Waals surface area contributed by atoms with Crippen LogP contribution in [-0.2, 0) is 11.2 Å². The van der Waals surface area contributed by atoms with E-state index in [1.807, 2.05) is 19.9 Å². The summed E-state index contributed by atoms with van der Waals surface area (Å²) in [5.41, 5.74) is 2.53. The Kier molecular flexibility index (Phi) is 6.60. The molecule has 2 atom stereocenters. The van der Waals surface area contributed by atoms with Crippen LogP contribution in [0.4, 0.5) is 5.69 Å². The average Bonchev–Trinajstić information content (AvgIpc) is 2.72. The molecule has 3 heteroatoms. The van der Waals surface area contributed by atoms with Gasteiger partial charge in [-0.15, -0.1) is 6.58 Å². The van der Waals surface area contributed by atoms with E-state index in [4.69, 9.17) is 4.74 Å². The van der Waals surface area contributed by atoms with Crippen LogP contribution in [0.25, 0.3) is 0 Å². The van der Waals surface area contributed by atoms with Crippen LogP contribution in [0.1, 0.15) is 26.3 Å². The van der Waals surface area contributed by atoms with Gasteiger partial charge in [-0.05, 0) is 38.8 Å². The van der Waals surface area contributed by atoms with Gasteiger partial charge in [-0.25, -0.2) is 0 Å². The van der Waals surface area contributed by atoms with Gasteiger partial charge >= 0.3 is 0 Å². The predicted molar refractivity (Wildman–Crippen MR) is 80.5 cm³/mol. The third-order valence-corrected chi connectivity index (χ3v) is 3.10. The highest BCUT2D eigenvalue weighted by Gasteiger charge is 2.27. The van der Waals surface area contributed by atoms with E-state index < -0.39 is 6.23 Å². The molecular weight excluding hydrogens is 238 g/mol. The summed E-state index contributed by atoms with van der Waals surface area (Å²) in [7, 11) is 0. The first-order valence-electron chi connectivity index (χ1n) is 6.84. The Balaban J connectivity index is 0.000000258. The lowest BCUT2D eigenvalue weighted by Gasteiger charge is -2.27. The van der Waals surface area contributed by atoms with Crippen molar-refractivity contribution in [3.8, 4) is 0 Å². The van der Waals surface area contributed by atoms with Crippen molar-refractivity contribution in [3.05, 3.63) is 42.5 Å². The molecule has 0 aromatic heterocycles. The normalized spacial score (nSPS) is 18.3. The highest BCUT2D eigenvalue weighted by Crippen LogP contribution is 2.32. The van der Waals surface area contributed by atoms with E-state index in [1.165, 1.54) is 11.3 Å². The molecule has 0 aliphatic carbocycles. The van der Waals surface area contributed by atoms with Crippen LogP contribution < -0.4 is 4.90 Å². The van der Waals surface area contributed by atoms with Crippen LogP contribution in [-0.4, -0.2) is 30.6 Å². The first-order chi connectivity index (χ1) is 9.11. The van der Waals surface area contributed by atoms with Gasteiger partial charge in [-0.1, -0.05) is 24.3 Å². The Morgan fingerprint density at radius 1 is 1.53 bits per heavy atom. The van der Waals surface area contributed by atoms with E-state index in [0.29, 0.717) is 12.6 Å². The number of hydrogen-bond acceptors (Lipinski definition) is 3. The summed E-state index contributed by atoms with van der Waals surface area (Å²) < 4.78 is 4.86. The van der Waals surface area contributed by atoms with Crippen molar-refractivity contribution >= 4 is 5.69 Å². The van der Waals surface area contributed by atoms with Crippen molar-refractivity contribution in [2.24, 2.45) is 0 Å². The smallest absolute Gasteiger partial charge is 0.124 e. The Morgan fingerprint density at radius 3 is 2.74 bits per heavy atom. The lowest BCUT2D eigenvalue weighted by atomic mass is 10.1. The van der Waals surface area contributed by atoms with Gasteiger partial charge in [-0.2, -0.15) is 0 Å². The number of aliphatic hydroxyl groups excluding tert-OH is 1. The molecule has 1 heterocycles. The summed E-state index contributed by atoms with van der Waals surface area (Å²) in [6.07, 6.45) is 2.39. The lowest BCUT2D eigenvalue weighted by molar-refractivity contribution is 0.178. The fourth-order valence-electron chi connectivity index (χ4n) is 2.36. The fourth-order valence-corrected chi connectivity index (χ4v) is 2.36. The maximum absolute atomic E-state index is 9.60. The number of fused-ring (bicyclic) bond motifs is 1. The van der Waals surface area contributed by atoms with Gasteiger partial charge < -0.3 is 14.7 Å². The molecule has 106 valence electrons. The monoisotopic (exact) mass is 263 g/mol. The van der Waals surface area contributed by atoms with Crippen LogP contribution >= 0.6 is 0 Å². The van der Waals surface area contributed by atoms with Crippen molar-refractivity contribution in [1.29, 1.82) is 0 Å². The zero-order valence-electron chi connectivity index (χ0n) is 12.2. The highest BCUT2D eigenvalue weighted by atomic mass is 16.5. The van der Waals surface area contributed by atoms with Crippen LogP contribution in [0.3, 0.4) is 0 Å². The third-order valence-electron chi connectivity index (χ3n) is 3.10. The van der Waals surface area contributed by atoms with Gasteiger partial charge in [-0.3, -0.25) is 0 Å². The molecule has 1 aromatic rings. The van der Waals surface area contributed by atoms with Crippen molar-refractivity contribution < 1.29 is 9.84 Å². The molecule has 0 bridgehead atoms. The summed E-state index contributed by atoms with van der Waals surface area (Å²) in [4.78, 5) is 2.06. The number of anilines is 1. The first kappa shape index (κ1) is 15.7. The standard InChI is InChI=1S/C11H15NO.C5H10O/c1-8-7-10-5-3-4-6-11(10)12(8)9(2)13;1-3-5-6-4-2/h3-6,8-9,13H,7H2,1-2H3;3H,1,4-5H2,2H3. The van der Waals surface area contributed by atoms with Gasteiger partial charge in [0.2, 0.25) is 0 Å². The summed E-state index contributed by atoms with van der Waals surface area (Å²) in [5, 5.41) is 9.60.